The molecule has 0 atom stereocenters. The summed E-state index contributed by atoms with van der Waals surface area (Å²) >= 11 is 0. The molecule has 0 unspecified atom stereocenters. The number of carbonyl (C=O) groups excluding carboxylic acids is 1. The Labute approximate surface area is 145 Å². The lowest BCUT2D eigenvalue weighted by atomic mass is 10.2. The van der Waals surface area contributed by atoms with E-state index in [1.54, 1.807) is 36.2 Å². The standard InChI is InChI=1S/C17H28N2O4S/c1-5-7-13-18(3)17(20)12-14-19(24(4,21)22)15-10-8-9-11-16(15)23-6-2/h8-11H,5-7,12-14H2,1-4H3. The molecule has 0 spiro atoms. The number of carbonyl (C=O) groups is 1. The van der Waals surface area contributed by atoms with Gasteiger partial charge in [0.05, 0.1) is 18.6 Å². The molecule has 0 aromatic heterocycles. The van der Waals surface area contributed by atoms with Crippen LogP contribution in [0.5, 0.6) is 5.75 Å². The maximum Gasteiger partial charge on any atom is 0.232 e. The first-order chi connectivity index (χ1) is 11.3. The third-order valence-corrected chi connectivity index (χ3v) is 4.82. The molecule has 0 aliphatic rings. The second kappa shape index (κ2) is 9.52. The van der Waals surface area contributed by atoms with E-state index in [0.717, 1.165) is 19.1 Å². The van der Waals surface area contributed by atoms with Crippen molar-refractivity contribution in [1.29, 1.82) is 0 Å². The highest BCUT2D eigenvalue weighted by molar-refractivity contribution is 7.92. The highest BCUT2D eigenvalue weighted by Gasteiger charge is 2.22. The normalized spacial score (nSPS) is 11.2. The largest absolute Gasteiger partial charge is 0.492 e. The van der Waals surface area contributed by atoms with Crippen molar-refractivity contribution < 1.29 is 17.9 Å². The van der Waals surface area contributed by atoms with E-state index < -0.39 is 10.0 Å². The van der Waals surface area contributed by atoms with Crippen molar-refractivity contribution in [3.63, 3.8) is 0 Å². The summed E-state index contributed by atoms with van der Waals surface area (Å²) in [4.78, 5) is 13.8. The van der Waals surface area contributed by atoms with Crippen LogP contribution in [-0.2, 0) is 14.8 Å². The molecule has 0 aliphatic carbocycles. The highest BCUT2D eigenvalue weighted by Crippen LogP contribution is 2.30. The van der Waals surface area contributed by atoms with E-state index in [1.165, 1.54) is 4.31 Å². The smallest absolute Gasteiger partial charge is 0.232 e. The number of benzene rings is 1. The summed E-state index contributed by atoms with van der Waals surface area (Å²) in [5.41, 5.74) is 0.464. The lowest BCUT2D eigenvalue weighted by Gasteiger charge is -2.25. The van der Waals surface area contributed by atoms with Gasteiger partial charge in [0, 0.05) is 26.6 Å². The number of anilines is 1. The second-order valence-electron chi connectivity index (χ2n) is 5.65. The van der Waals surface area contributed by atoms with Crippen LogP contribution in [0.3, 0.4) is 0 Å². The summed E-state index contributed by atoms with van der Waals surface area (Å²) in [6.45, 7) is 5.12. The number of ether oxygens (including phenoxy) is 1. The van der Waals surface area contributed by atoms with E-state index in [9.17, 15) is 13.2 Å². The zero-order chi connectivity index (χ0) is 18.2. The van der Waals surface area contributed by atoms with Gasteiger partial charge in [-0.15, -0.1) is 0 Å². The van der Waals surface area contributed by atoms with Crippen LogP contribution in [0.4, 0.5) is 5.69 Å². The zero-order valence-electron chi connectivity index (χ0n) is 15.0. The van der Waals surface area contributed by atoms with Gasteiger partial charge in [-0.3, -0.25) is 9.10 Å². The Morgan fingerprint density at radius 3 is 2.42 bits per heavy atom. The number of rotatable bonds is 10. The van der Waals surface area contributed by atoms with Gasteiger partial charge in [0.1, 0.15) is 5.75 Å². The van der Waals surface area contributed by atoms with Crippen molar-refractivity contribution in [3.8, 4) is 5.75 Å². The van der Waals surface area contributed by atoms with Crippen molar-refractivity contribution in [2.75, 3.05) is 37.3 Å². The number of amides is 1. The summed E-state index contributed by atoms with van der Waals surface area (Å²) in [5.74, 6) is 0.434. The first-order valence-electron chi connectivity index (χ1n) is 8.24. The lowest BCUT2D eigenvalue weighted by molar-refractivity contribution is -0.129. The topological polar surface area (TPSA) is 66.9 Å². The molecule has 1 rings (SSSR count). The van der Waals surface area contributed by atoms with Gasteiger partial charge in [-0.25, -0.2) is 8.42 Å². The summed E-state index contributed by atoms with van der Waals surface area (Å²) in [6, 6.07) is 6.97. The van der Waals surface area contributed by atoms with E-state index in [1.807, 2.05) is 6.92 Å². The molecule has 0 N–H and O–H groups in total. The fraction of sp³-hybridized carbons (Fsp3) is 0.588. The van der Waals surface area contributed by atoms with Crippen LogP contribution in [0.25, 0.3) is 0 Å². The molecule has 136 valence electrons. The Morgan fingerprint density at radius 1 is 1.17 bits per heavy atom. The van der Waals surface area contributed by atoms with E-state index in [2.05, 4.69) is 6.92 Å². The first-order valence-corrected chi connectivity index (χ1v) is 10.1. The summed E-state index contributed by atoms with van der Waals surface area (Å²) in [6.07, 6.45) is 3.22. The maximum atomic E-state index is 12.2. The number of sulfonamides is 1. The van der Waals surface area contributed by atoms with Gasteiger partial charge < -0.3 is 9.64 Å². The summed E-state index contributed by atoms with van der Waals surface area (Å²) in [5, 5.41) is 0. The fourth-order valence-electron chi connectivity index (χ4n) is 2.31. The second-order valence-corrected chi connectivity index (χ2v) is 7.56. The van der Waals surface area contributed by atoms with E-state index in [0.29, 0.717) is 24.6 Å². The first kappa shape index (κ1) is 20.3. The van der Waals surface area contributed by atoms with Gasteiger partial charge in [0.2, 0.25) is 15.9 Å². The average Bonchev–Trinajstić information content (AvgIpc) is 2.53. The number of nitrogens with zero attached hydrogens (tertiary/aromatic N) is 2. The van der Waals surface area contributed by atoms with Crippen LogP contribution in [0.2, 0.25) is 0 Å². The fourth-order valence-corrected chi connectivity index (χ4v) is 3.24. The van der Waals surface area contributed by atoms with Gasteiger partial charge in [0.25, 0.3) is 0 Å². The predicted octanol–water partition coefficient (Wildman–Crippen LogP) is 2.50. The van der Waals surface area contributed by atoms with Gasteiger partial charge in [-0.2, -0.15) is 0 Å². The Hall–Kier alpha value is -1.76. The minimum absolute atomic E-state index is 0.0639. The molecule has 0 saturated carbocycles. The Bertz CT molecular complexity index is 631. The minimum atomic E-state index is -3.51. The quantitative estimate of drug-likeness (QED) is 0.646. The third kappa shape index (κ3) is 6.03. The molecule has 0 aliphatic heterocycles. The number of hydrogen-bond donors (Lipinski definition) is 0. The SMILES string of the molecule is CCCCN(C)C(=O)CCN(c1ccccc1OCC)S(C)(=O)=O. The molecular weight excluding hydrogens is 328 g/mol. The Morgan fingerprint density at radius 2 is 1.83 bits per heavy atom. The van der Waals surface area contributed by atoms with Crippen LogP contribution in [0.15, 0.2) is 24.3 Å². The molecule has 7 heteroatoms. The van der Waals surface area contributed by atoms with Crippen LogP contribution >= 0.6 is 0 Å². The highest BCUT2D eigenvalue weighted by atomic mass is 32.2. The van der Waals surface area contributed by atoms with Gasteiger partial charge >= 0.3 is 0 Å². The van der Waals surface area contributed by atoms with Gasteiger partial charge in [-0.1, -0.05) is 25.5 Å². The molecule has 6 nitrogen and oxygen atoms in total. The molecule has 0 fully saturated rings. The molecule has 1 aromatic carbocycles. The van der Waals surface area contributed by atoms with Crippen molar-refractivity contribution in [2.45, 2.75) is 33.1 Å². The average molecular weight is 356 g/mol. The predicted molar refractivity (Wildman–Crippen MR) is 97.0 cm³/mol. The minimum Gasteiger partial charge on any atom is -0.492 e. The van der Waals surface area contributed by atoms with E-state index in [-0.39, 0.29) is 18.9 Å². The molecule has 0 saturated heterocycles. The molecule has 1 amide bonds. The van der Waals surface area contributed by atoms with Crippen LogP contribution < -0.4 is 9.04 Å². The van der Waals surface area contributed by atoms with E-state index >= 15 is 0 Å². The molecular formula is C17H28N2O4S. The zero-order valence-corrected chi connectivity index (χ0v) is 15.8. The number of hydrogen-bond acceptors (Lipinski definition) is 4. The molecule has 24 heavy (non-hydrogen) atoms. The molecule has 0 heterocycles. The summed E-state index contributed by atoms with van der Waals surface area (Å²) in [7, 11) is -1.77. The van der Waals surface area contributed by atoms with Crippen molar-refractivity contribution >= 4 is 21.6 Å². The molecule has 1 aromatic rings. The number of unbranched alkanes of at least 4 members (excludes halogenated alkanes) is 1. The van der Waals surface area contributed by atoms with Crippen molar-refractivity contribution in [2.24, 2.45) is 0 Å². The van der Waals surface area contributed by atoms with Crippen molar-refractivity contribution in [3.05, 3.63) is 24.3 Å². The number of para-hydroxylation sites is 2. The Balaban J connectivity index is 2.91. The Kier molecular flexibility index (Phi) is 8.04. The monoisotopic (exact) mass is 356 g/mol. The van der Waals surface area contributed by atoms with Gasteiger partial charge in [-0.05, 0) is 25.5 Å². The summed E-state index contributed by atoms with van der Waals surface area (Å²) < 4.78 is 31.1. The van der Waals surface area contributed by atoms with Crippen molar-refractivity contribution in [1.82, 2.24) is 4.90 Å². The molecule has 0 bridgehead atoms. The van der Waals surface area contributed by atoms with Crippen LogP contribution in [-0.4, -0.2) is 52.2 Å². The van der Waals surface area contributed by atoms with Gasteiger partial charge in [0.15, 0.2) is 0 Å². The third-order valence-electron chi connectivity index (χ3n) is 3.64. The molecule has 0 radical (unpaired) electrons. The van der Waals surface area contributed by atoms with Crippen LogP contribution in [0.1, 0.15) is 33.1 Å². The van der Waals surface area contributed by atoms with Crippen LogP contribution in [0, 0.1) is 0 Å². The van der Waals surface area contributed by atoms with E-state index in [4.69, 9.17) is 4.74 Å². The lowest BCUT2D eigenvalue weighted by Crippen LogP contribution is -2.36. The maximum absolute atomic E-state index is 12.2.